The van der Waals surface area contributed by atoms with Crippen LogP contribution >= 0.6 is 0 Å². The van der Waals surface area contributed by atoms with Crippen LogP contribution in [0.15, 0.2) is 34.9 Å². The molecule has 0 radical (unpaired) electrons. The lowest BCUT2D eigenvalue weighted by Crippen LogP contribution is -2.44. The number of nitrogens with zero attached hydrogens (tertiary/aromatic N) is 3. The second-order valence-electron chi connectivity index (χ2n) is 5.38. The molecular formula is C16H13N5O2. The van der Waals surface area contributed by atoms with Gasteiger partial charge in [0.05, 0.1) is 11.6 Å². The van der Waals surface area contributed by atoms with E-state index in [1.54, 1.807) is 24.3 Å². The van der Waals surface area contributed by atoms with E-state index < -0.39 is 0 Å². The number of anilines is 1. The average molecular weight is 307 g/mol. The highest BCUT2D eigenvalue weighted by Gasteiger charge is 2.34. The smallest absolute Gasteiger partial charge is 0.231 e. The number of hydrogen-bond donors (Lipinski definition) is 2. The summed E-state index contributed by atoms with van der Waals surface area (Å²) in [5.74, 6) is -0.00478. The lowest BCUT2D eigenvalue weighted by atomic mass is 9.80. The quantitative estimate of drug-likeness (QED) is 0.659. The Balaban J connectivity index is 1.63. The summed E-state index contributed by atoms with van der Waals surface area (Å²) in [5, 5.41) is 26.6. The van der Waals surface area contributed by atoms with Gasteiger partial charge in [-0.15, -0.1) is 0 Å². The Hall–Kier alpha value is -3.32. The molecule has 7 nitrogen and oxygen atoms in total. The van der Waals surface area contributed by atoms with Crippen LogP contribution in [-0.4, -0.2) is 17.1 Å². The van der Waals surface area contributed by atoms with E-state index >= 15 is 0 Å². The van der Waals surface area contributed by atoms with E-state index in [4.69, 9.17) is 15.0 Å². The number of amides is 1. The highest BCUT2D eigenvalue weighted by molar-refractivity contribution is 5.92. The first-order valence-electron chi connectivity index (χ1n) is 7.12. The molecule has 114 valence electrons. The molecule has 0 saturated heterocycles. The molecule has 1 amide bonds. The molecule has 1 fully saturated rings. The predicted octanol–water partition coefficient (Wildman–Crippen LogP) is 2.00. The van der Waals surface area contributed by atoms with Crippen LogP contribution in [0.5, 0.6) is 0 Å². The molecule has 1 aromatic heterocycles. The fourth-order valence-corrected chi connectivity index (χ4v) is 2.48. The van der Waals surface area contributed by atoms with Gasteiger partial charge >= 0.3 is 0 Å². The van der Waals surface area contributed by atoms with Gasteiger partial charge in [0.15, 0.2) is 6.19 Å². The Morgan fingerprint density at radius 1 is 1.30 bits per heavy atom. The zero-order valence-electron chi connectivity index (χ0n) is 12.1. The summed E-state index contributed by atoms with van der Waals surface area (Å²) in [6.07, 6.45) is 3.14. The maximum Gasteiger partial charge on any atom is 0.231 e. The first-order valence-corrected chi connectivity index (χ1v) is 7.12. The van der Waals surface area contributed by atoms with E-state index in [0.717, 1.165) is 5.56 Å². The zero-order valence-corrected chi connectivity index (χ0v) is 12.1. The zero-order chi connectivity index (χ0) is 16.2. The molecule has 0 atom stereocenters. The van der Waals surface area contributed by atoms with E-state index in [9.17, 15) is 4.79 Å². The Morgan fingerprint density at radius 2 is 2.13 bits per heavy atom. The number of aromatic nitrogens is 1. The first kappa shape index (κ1) is 14.6. The SMILES string of the molecule is N#CNC1CC(C(=O)Nc2cc(-c3cccc(C#N)c3)no2)C1. The first-order chi connectivity index (χ1) is 11.2. The fourth-order valence-electron chi connectivity index (χ4n) is 2.48. The van der Waals surface area contributed by atoms with E-state index in [1.807, 2.05) is 12.3 Å². The summed E-state index contributed by atoms with van der Waals surface area (Å²) < 4.78 is 5.12. The third kappa shape index (κ3) is 3.14. The minimum atomic E-state index is -0.144. The molecule has 1 aliphatic rings. The van der Waals surface area contributed by atoms with Crippen molar-refractivity contribution in [2.45, 2.75) is 18.9 Å². The molecule has 1 saturated carbocycles. The van der Waals surface area contributed by atoms with Crippen molar-refractivity contribution in [2.75, 3.05) is 5.32 Å². The van der Waals surface area contributed by atoms with Gasteiger partial charge in [-0.1, -0.05) is 17.3 Å². The van der Waals surface area contributed by atoms with Gasteiger partial charge in [0.2, 0.25) is 11.8 Å². The van der Waals surface area contributed by atoms with Crippen molar-refractivity contribution >= 4 is 11.8 Å². The molecule has 1 aromatic carbocycles. The van der Waals surface area contributed by atoms with Gasteiger partial charge in [-0.3, -0.25) is 10.1 Å². The number of carbonyl (C=O) groups is 1. The molecule has 2 aromatic rings. The summed E-state index contributed by atoms with van der Waals surface area (Å²) in [7, 11) is 0. The number of benzene rings is 1. The number of nitriles is 2. The van der Waals surface area contributed by atoms with E-state index in [2.05, 4.69) is 21.9 Å². The summed E-state index contributed by atoms with van der Waals surface area (Å²) in [4.78, 5) is 12.0. The summed E-state index contributed by atoms with van der Waals surface area (Å²) in [6.45, 7) is 0. The maximum atomic E-state index is 12.0. The van der Waals surface area contributed by atoms with Crippen LogP contribution in [0, 0.1) is 28.7 Å². The molecule has 0 spiro atoms. The van der Waals surface area contributed by atoms with Gasteiger partial charge < -0.3 is 9.84 Å². The Labute approximate surface area is 132 Å². The molecule has 7 heteroatoms. The molecule has 3 rings (SSSR count). The van der Waals surface area contributed by atoms with Crippen LogP contribution in [0.1, 0.15) is 18.4 Å². The van der Waals surface area contributed by atoms with Gasteiger partial charge in [-0.25, -0.2) is 0 Å². The average Bonchev–Trinajstić information content (AvgIpc) is 2.99. The summed E-state index contributed by atoms with van der Waals surface area (Å²) >= 11 is 0. The van der Waals surface area contributed by atoms with Crippen LogP contribution < -0.4 is 10.6 Å². The second-order valence-corrected chi connectivity index (χ2v) is 5.38. The minimum Gasteiger partial charge on any atom is -0.338 e. The molecule has 0 bridgehead atoms. The molecule has 2 N–H and O–H groups in total. The van der Waals surface area contributed by atoms with Crippen molar-refractivity contribution in [2.24, 2.45) is 5.92 Å². The second kappa shape index (κ2) is 6.20. The number of rotatable bonds is 4. The Kier molecular flexibility index (Phi) is 3.94. The summed E-state index contributed by atoms with van der Waals surface area (Å²) in [5.41, 5.74) is 1.83. The van der Waals surface area contributed by atoms with Crippen molar-refractivity contribution in [3.8, 4) is 23.5 Å². The van der Waals surface area contributed by atoms with Crippen molar-refractivity contribution in [1.29, 1.82) is 10.5 Å². The molecule has 0 aliphatic heterocycles. The van der Waals surface area contributed by atoms with Crippen LogP contribution in [-0.2, 0) is 4.79 Å². The van der Waals surface area contributed by atoms with Gasteiger partial charge in [0.25, 0.3) is 0 Å². The van der Waals surface area contributed by atoms with Crippen LogP contribution in [0.4, 0.5) is 5.88 Å². The number of nitrogens with one attached hydrogen (secondary N) is 2. The predicted molar refractivity (Wildman–Crippen MR) is 80.5 cm³/mol. The van der Waals surface area contributed by atoms with Gasteiger partial charge in [-0.05, 0) is 25.0 Å². The topological polar surface area (TPSA) is 115 Å². The van der Waals surface area contributed by atoms with Gasteiger partial charge in [0.1, 0.15) is 5.69 Å². The highest BCUT2D eigenvalue weighted by atomic mass is 16.5. The molecule has 1 heterocycles. The van der Waals surface area contributed by atoms with Crippen molar-refractivity contribution in [1.82, 2.24) is 10.5 Å². The lowest BCUT2D eigenvalue weighted by molar-refractivity contribution is -0.122. The van der Waals surface area contributed by atoms with Crippen LogP contribution in [0.3, 0.4) is 0 Å². The molecular weight excluding hydrogens is 294 g/mol. The van der Waals surface area contributed by atoms with Crippen molar-refractivity contribution in [3.05, 3.63) is 35.9 Å². The Bertz CT molecular complexity index is 808. The van der Waals surface area contributed by atoms with Gasteiger partial charge in [-0.2, -0.15) is 10.5 Å². The molecule has 0 unspecified atom stereocenters. The molecule has 1 aliphatic carbocycles. The Morgan fingerprint density at radius 3 is 2.87 bits per heavy atom. The van der Waals surface area contributed by atoms with Crippen LogP contribution in [0.25, 0.3) is 11.3 Å². The third-order valence-electron chi connectivity index (χ3n) is 3.82. The summed E-state index contributed by atoms with van der Waals surface area (Å²) in [6, 6.07) is 10.7. The molecule has 23 heavy (non-hydrogen) atoms. The van der Waals surface area contributed by atoms with E-state index in [0.29, 0.717) is 24.1 Å². The minimum absolute atomic E-state index is 0.0785. The standard InChI is InChI=1S/C16H13N5O2/c17-8-10-2-1-3-11(4-10)14-7-15(23-21-14)20-16(22)12-5-13(6-12)19-9-18/h1-4,7,12-13,19H,5-6H2,(H,20,22). The highest BCUT2D eigenvalue weighted by Crippen LogP contribution is 2.29. The fraction of sp³-hybridized carbons (Fsp3) is 0.250. The lowest BCUT2D eigenvalue weighted by Gasteiger charge is -2.32. The van der Waals surface area contributed by atoms with Gasteiger partial charge in [0, 0.05) is 23.6 Å². The maximum absolute atomic E-state index is 12.0. The largest absolute Gasteiger partial charge is 0.338 e. The monoisotopic (exact) mass is 307 g/mol. The third-order valence-corrected chi connectivity index (χ3v) is 3.82. The van der Waals surface area contributed by atoms with Crippen molar-refractivity contribution < 1.29 is 9.32 Å². The van der Waals surface area contributed by atoms with Crippen LogP contribution in [0.2, 0.25) is 0 Å². The van der Waals surface area contributed by atoms with E-state index in [-0.39, 0.29) is 23.8 Å². The van der Waals surface area contributed by atoms with Crippen molar-refractivity contribution in [3.63, 3.8) is 0 Å². The van der Waals surface area contributed by atoms with E-state index in [1.165, 1.54) is 0 Å². The normalized spacial score (nSPS) is 19.0. The number of hydrogen-bond acceptors (Lipinski definition) is 6. The number of carbonyl (C=O) groups excluding carboxylic acids is 1.